The fraction of sp³-hybridized carbons (Fsp3) is 0.400. The van der Waals surface area contributed by atoms with Gasteiger partial charge in [-0.15, -0.1) is 0 Å². The van der Waals surface area contributed by atoms with Crippen molar-refractivity contribution in [2.75, 3.05) is 25.1 Å². The number of hydrogen-bond donors (Lipinski definition) is 1. The van der Waals surface area contributed by atoms with Gasteiger partial charge in [0.05, 0.1) is 31.7 Å². The average molecular weight is 287 g/mol. The summed E-state index contributed by atoms with van der Waals surface area (Å²) in [7, 11) is 0. The van der Waals surface area contributed by atoms with Gasteiger partial charge in [0, 0.05) is 0 Å². The molecule has 1 aliphatic heterocycles. The van der Waals surface area contributed by atoms with Crippen molar-refractivity contribution in [1.82, 2.24) is 4.98 Å². The molecule has 1 saturated heterocycles. The van der Waals surface area contributed by atoms with Crippen molar-refractivity contribution in [2.45, 2.75) is 6.10 Å². The smallest absolute Gasteiger partial charge is 0.255 e. The Morgan fingerprint density at radius 2 is 2.38 bits per heavy atom. The lowest BCUT2D eigenvalue weighted by Gasteiger charge is -2.21. The van der Waals surface area contributed by atoms with Crippen molar-refractivity contribution in [3.63, 3.8) is 0 Å². The van der Waals surface area contributed by atoms with Crippen molar-refractivity contribution in [3.05, 3.63) is 22.9 Å². The highest BCUT2D eigenvalue weighted by molar-refractivity contribution is 9.10. The zero-order chi connectivity index (χ0) is 11.4. The van der Waals surface area contributed by atoms with Gasteiger partial charge in [0.25, 0.3) is 5.91 Å². The predicted molar refractivity (Wildman–Crippen MR) is 61.1 cm³/mol. The molecule has 1 unspecified atom stereocenters. The summed E-state index contributed by atoms with van der Waals surface area (Å²) in [5.41, 5.74) is 0.641. The standard InChI is InChI=1S/C10H11BrN2O3/c11-9-2-1-7(5-12-9)13-10(14)8-6-15-3-4-16-8/h1-2,5,8H,3-4,6H2,(H,13,14). The topological polar surface area (TPSA) is 60.5 Å². The van der Waals surface area contributed by atoms with Crippen LogP contribution < -0.4 is 5.32 Å². The molecular weight excluding hydrogens is 276 g/mol. The Morgan fingerprint density at radius 3 is 3.00 bits per heavy atom. The highest BCUT2D eigenvalue weighted by atomic mass is 79.9. The van der Waals surface area contributed by atoms with E-state index in [0.29, 0.717) is 25.5 Å². The van der Waals surface area contributed by atoms with Gasteiger partial charge in [-0.1, -0.05) is 0 Å². The fourth-order valence-electron chi connectivity index (χ4n) is 1.31. The molecule has 0 spiro atoms. The van der Waals surface area contributed by atoms with Crippen molar-refractivity contribution < 1.29 is 14.3 Å². The molecule has 1 aromatic heterocycles. The third-order valence-electron chi connectivity index (χ3n) is 2.10. The predicted octanol–water partition coefficient (Wildman–Crippen LogP) is 1.20. The minimum Gasteiger partial charge on any atom is -0.376 e. The van der Waals surface area contributed by atoms with E-state index in [4.69, 9.17) is 9.47 Å². The lowest BCUT2D eigenvalue weighted by atomic mass is 10.3. The van der Waals surface area contributed by atoms with Crippen molar-refractivity contribution in [2.24, 2.45) is 0 Å². The monoisotopic (exact) mass is 286 g/mol. The molecule has 1 atom stereocenters. The quantitative estimate of drug-likeness (QED) is 0.830. The van der Waals surface area contributed by atoms with Crippen LogP contribution in [0.5, 0.6) is 0 Å². The average Bonchev–Trinajstić information content (AvgIpc) is 2.33. The van der Waals surface area contributed by atoms with Crippen LogP contribution >= 0.6 is 15.9 Å². The second-order valence-corrected chi connectivity index (χ2v) is 4.11. The van der Waals surface area contributed by atoms with E-state index in [1.54, 1.807) is 18.3 Å². The van der Waals surface area contributed by atoms with E-state index in [-0.39, 0.29) is 5.91 Å². The van der Waals surface area contributed by atoms with Crippen molar-refractivity contribution >= 4 is 27.5 Å². The molecule has 86 valence electrons. The van der Waals surface area contributed by atoms with Gasteiger partial charge in [0.1, 0.15) is 4.60 Å². The highest BCUT2D eigenvalue weighted by Gasteiger charge is 2.22. The number of nitrogens with zero attached hydrogens (tertiary/aromatic N) is 1. The summed E-state index contributed by atoms with van der Waals surface area (Å²) < 4.78 is 11.1. The largest absolute Gasteiger partial charge is 0.376 e. The van der Waals surface area contributed by atoms with Crippen molar-refractivity contribution in [3.8, 4) is 0 Å². The maximum atomic E-state index is 11.7. The minimum absolute atomic E-state index is 0.205. The van der Waals surface area contributed by atoms with Crippen LogP contribution in [-0.4, -0.2) is 36.8 Å². The first-order valence-electron chi connectivity index (χ1n) is 4.87. The molecule has 1 amide bonds. The maximum Gasteiger partial charge on any atom is 0.255 e. The summed E-state index contributed by atoms with van der Waals surface area (Å²) in [4.78, 5) is 15.7. The van der Waals surface area contributed by atoms with Crippen LogP contribution in [0, 0.1) is 0 Å². The Hall–Kier alpha value is -0.980. The van der Waals surface area contributed by atoms with Gasteiger partial charge in [0.2, 0.25) is 0 Å². The molecule has 1 aliphatic rings. The Kier molecular flexibility index (Phi) is 3.87. The van der Waals surface area contributed by atoms with Crippen molar-refractivity contribution in [1.29, 1.82) is 0 Å². The summed E-state index contributed by atoms with van der Waals surface area (Å²) in [5, 5.41) is 2.71. The molecule has 0 radical (unpaired) electrons. The number of nitrogens with one attached hydrogen (secondary N) is 1. The van der Waals surface area contributed by atoms with Gasteiger partial charge in [-0.3, -0.25) is 4.79 Å². The molecule has 2 heterocycles. The first-order valence-corrected chi connectivity index (χ1v) is 5.67. The summed E-state index contributed by atoms with van der Waals surface area (Å²) in [6.45, 7) is 1.30. The zero-order valence-electron chi connectivity index (χ0n) is 8.48. The molecule has 0 bridgehead atoms. The van der Waals surface area contributed by atoms with Crippen LogP contribution in [0.25, 0.3) is 0 Å². The van der Waals surface area contributed by atoms with Crippen LogP contribution in [0.15, 0.2) is 22.9 Å². The third-order valence-corrected chi connectivity index (χ3v) is 2.57. The number of ether oxygens (including phenoxy) is 2. The normalized spacial score (nSPS) is 20.4. The van der Waals surface area contributed by atoms with E-state index in [9.17, 15) is 4.79 Å². The van der Waals surface area contributed by atoms with Crippen LogP contribution in [0.4, 0.5) is 5.69 Å². The van der Waals surface area contributed by atoms with Crippen LogP contribution in [0.2, 0.25) is 0 Å². The first kappa shape index (κ1) is 11.5. The van der Waals surface area contributed by atoms with Gasteiger partial charge >= 0.3 is 0 Å². The van der Waals surface area contributed by atoms with Gasteiger partial charge in [-0.2, -0.15) is 0 Å². The number of anilines is 1. The summed E-state index contributed by atoms with van der Waals surface area (Å²) in [6.07, 6.45) is 1.04. The van der Waals surface area contributed by atoms with Crippen LogP contribution in [0.3, 0.4) is 0 Å². The van der Waals surface area contributed by atoms with Crippen LogP contribution in [0.1, 0.15) is 0 Å². The molecule has 0 saturated carbocycles. The van der Waals surface area contributed by atoms with Crippen LogP contribution in [-0.2, 0) is 14.3 Å². The molecule has 16 heavy (non-hydrogen) atoms. The number of amides is 1. The fourth-order valence-corrected chi connectivity index (χ4v) is 1.55. The van der Waals surface area contributed by atoms with E-state index in [0.717, 1.165) is 4.60 Å². The lowest BCUT2D eigenvalue weighted by Crippen LogP contribution is -2.39. The van der Waals surface area contributed by atoms with E-state index in [2.05, 4.69) is 26.2 Å². The van der Waals surface area contributed by atoms with Gasteiger partial charge < -0.3 is 14.8 Å². The third kappa shape index (κ3) is 3.01. The Morgan fingerprint density at radius 1 is 1.50 bits per heavy atom. The Bertz CT molecular complexity index is 363. The second kappa shape index (κ2) is 5.38. The molecule has 1 N–H and O–H groups in total. The van der Waals surface area contributed by atoms with E-state index in [1.807, 2.05) is 0 Å². The lowest BCUT2D eigenvalue weighted by molar-refractivity contribution is -0.142. The maximum absolute atomic E-state index is 11.7. The summed E-state index contributed by atoms with van der Waals surface area (Å²) >= 11 is 3.22. The van der Waals surface area contributed by atoms with E-state index in [1.165, 1.54) is 0 Å². The van der Waals surface area contributed by atoms with E-state index >= 15 is 0 Å². The Balaban J connectivity index is 1.93. The molecule has 5 nitrogen and oxygen atoms in total. The minimum atomic E-state index is -0.530. The van der Waals surface area contributed by atoms with E-state index < -0.39 is 6.10 Å². The molecule has 1 aromatic rings. The number of rotatable bonds is 2. The number of halogens is 1. The van der Waals surface area contributed by atoms with Gasteiger partial charge in [-0.25, -0.2) is 4.98 Å². The summed E-state index contributed by atoms with van der Waals surface area (Å²) in [6, 6.07) is 3.52. The van der Waals surface area contributed by atoms with Gasteiger partial charge in [-0.05, 0) is 28.1 Å². The number of carbonyl (C=O) groups is 1. The molecule has 6 heteroatoms. The second-order valence-electron chi connectivity index (χ2n) is 3.29. The SMILES string of the molecule is O=C(Nc1ccc(Br)nc1)C1COCCO1. The number of carbonyl (C=O) groups excluding carboxylic acids is 1. The van der Waals surface area contributed by atoms with Gasteiger partial charge in [0.15, 0.2) is 6.10 Å². The first-order chi connectivity index (χ1) is 7.75. The molecule has 1 fully saturated rings. The molecule has 2 rings (SSSR count). The number of hydrogen-bond acceptors (Lipinski definition) is 4. The molecule has 0 aliphatic carbocycles. The number of pyridine rings is 1. The molecular formula is C10H11BrN2O3. The summed E-state index contributed by atoms with van der Waals surface area (Å²) in [5.74, 6) is -0.205. The zero-order valence-corrected chi connectivity index (χ0v) is 10.1. The highest BCUT2D eigenvalue weighted by Crippen LogP contribution is 2.11. The molecule has 0 aromatic carbocycles. The number of aromatic nitrogens is 1. The Labute approximate surface area is 101 Å².